The van der Waals surface area contributed by atoms with E-state index in [1.165, 1.54) is 12.1 Å². The van der Waals surface area contributed by atoms with Crippen LogP contribution < -0.4 is 10.6 Å². The monoisotopic (exact) mass is 375 g/mol. The number of phenolic OH excluding ortho intramolecular Hbond substituents is 1. The fourth-order valence-electron chi connectivity index (χ4n) is 1.46. The van der Waals surface area contributed by atoms with E-state index in [4.69, 9.17) is 0 Å². The molecule has 0 aliphatic carbocycles. The van der Waals surface area contributed by atoms with Crippen molar-refractivity contribution in [3.63, 3.8) is 0 Å². The molecule has 3 N–H and O–H groups in total. The fourth-order valence-corrected chi connectivity index (χ4v) is 2.09. The third kappa shape index (κ3) is 2.65. The number of rotatable bonds is 2. The van der Waals surface area contributed by atoms with Crippen LogP contribution in [0.2, 0.25) is 0 Å². The predicted octanol–water partition coefficient (Wildman–Crippen LogP) is 1.09. The van der Waals surface area contributed by atoms with E-state index in [1.54, 1.807) is 22.6 Å². The summed E-state index contributed by atoms with van der Waals surface area (Å²) in [5.74, 6) is -0.862. The summed E-state index contributed by atoms with van der Waals surface area (Å²) in [4.78, 5) is 32.4. The first-order valence-electron chi connectivity index (χ1n) is 4.89. The lowest BCUT2D eigenvalue weighted by Crippen LogP contribution is -2.22. The number of non-ortho nitro benzene ring substituents is 1. The number of nitrogens with one attached hydrogen (secondary N) is 2. The first-order valence-corrected chi connectivity index (χ1v) is 5.97. The number of nitro groups is 1. The highest BCUT2D eigenvalue weighted by atomic mass is 127. The number of urea groups is 1. The molecule has 0 radical (unpaired) electrons. The molecule has 1 aliphatic heterocycles. The van der Waals surface area contributed by atoms with E-state index in [2.05, 4.69) is 5.32 Å². The highest BCUT2D eigenvalue weighted by molar-refractivity contribution is 14.1. The molecule has 0 bridgehead atoms. The van der Waals surface area contributed by atoms with E-state index in [0.717, 1.165) is 6.07 Å². The van der Waals surface area contributed by atoms with Gasteiger partial charge in [-0.15, -0.1) is 0 Å². The molecular formula is C10H6IN3O5. The quantitative estimate of drug-likeness (QED) is 0.235. The van der Waals surface area contributed by atoms with Gasteiger partial charge in [0.25, 0.3) is 11.6 Å². The Morgan fingerprint density at radius 2 is 2.00 bits per heavy atom. The zero-order valence-electron chi connectivity index (χ0n) is 9.14. The summed E-state index contributed by atoms with van der Waals surface area (Å²) in [7, 11) is 0. The summed E-state index contributed by atoms with van der Waals surface area (Å²) in [6.07, 6.45) is 1.17. The molecule has 1 aromatic carbocycles. The van der Waals surface area contributed by atoms with Gasteiger partial charge in [0.2, 0.25) is 0 Å². The third-order valence-corrected chi connectivity index (χ3v) is 3.13. The maximum atomic E-state index is 11.3. The number of nitrogens with zero attached hydrogens (tertiary/aromatic N) is 1. The average Bonchev–Trinajstić information content (AvgIpc) is 2.63. The van der Waals surface area contributed by atoms with Gasteiger partial charge < -0.3 is 10.4 Å². The molecule has 2 rings (SSSR count). The second-order valence-corrected chi connectivity index (χ2v) is 4.75. The predicted molar refractivity (Wildman–Crippen MR) is 72.1 cm³/mol. The smallest absolute Gasteiger partial charge is 0.326 e. The Labute approximate surface area is 119 Å². The minimum atomic E-state index is -0.684. The molecule has 0 aromatic heterocycles. The van der Waals surface area contributed by atoms with Gasteiger partial charge >= 0.3 is 6.03 Å². The minimum Gasteiger partial charge on any atom is -0.506 e. The summed E-state index contributed by atoms with van der Waals surface area (Å²) in [5, 5.41) is 24.7. The van der Waals surface area contributed by atoms with Crippen molar-refractivity contribution < 1.29 is 19.6 Å². The van der Waals surface area contributed by atoms with E-state index >= 15 is 0 Å². The number of imide groups is 1. The number of carbonyl (C=O) groups is 2. The number of aromatic hydroxyl groups is 1. The molecule has 8 nitrogen and oxygen atoms in total. The highest BCUT2D eigenvalue weighted by Crippen LogP contribution is 2.31. The maximum absolute atomic E-state index is 11.3. The number of carbonyl (C=O) groups excluding carboxylic acids is 2. The molecule has 19 heavy (non-hydrogen) atoms. The van der Waals surface area contributed by atoms with Crippen LogP contribution in [0.1, 0.15) is 5.56 Å². The summed E-state index contributed by atoms with van der Waals surface area (Å²) < 4.78 is 0.267. The van der Waals surface area contributed by atoms with Crippen LogP contribution in [0.5, 0.6) is 5.75 Å². The normalized spacial score (nSPS) is 16.4. The molecule has 3 amide bonds. The van der Waals surface area contributed by atoms with Crippen LogP contribution >= 0.6 is 22.6 Å². The van der Waals surface area contributed by atoms with Crippen molar-refractivity contribution in [2.75, 3.05) is 0 Å². The Bertz CT molecular complexity index is 640. The summed E-state index contributed by atoms with van der Waals surface area (Å²) >= 11 is 1.73. The van der Waals surface area contributed by atoms with Gasteiger partial charge in [0.05, 0.1) is 8.49 Å². The van der Waals surface area contributed by atoms with Crippen molar-refractivity contribution in [1.29, 1.82) is 0 Å². The van der Waals surface area contributed by atoms with Crippen LogP contribution in [0.15, 0.2) is 17.8 Å². The van der Waals surface area contributed by atoms with Crippen molar-refractivity contribution in [3.8, 4) is 5.75 Å². The number of hydrogen-bond donors (Lipinski definition) is 3. The van der Waals surface area contributed by atoms with Crippen molar-refractivity contribution in [3.05, 3.63) is 37.1 Å². The number of phenols is 1. The molecule has 0 saturated carbocycles. The van der Waals surface area contributed by atoms with Crippen molar-refractivity contribution >= 4 is 46.3 Å². The zero-order chi connectivity index (χ0) is 14.2. The number of hydrogen-bond acceptors (Lipinski definition) is 5. The van der Waals surface area contributed by atoms with Crippen LogP contribution in [0.3, 0.4) is 0 Å². The Balaban J connectivity index is 2.51. The summed E-state index contributed by atoms with van der Waals surface area (Å²) in [5.41, 5.74) is -0.235. The summed E-state index contributed by atoms with van der Waals surface area (Å²) in [6.45, 7) is 0. The van der Waals surface area contributed by atoms with Crippen molar-refractivity contribution in [2.45, 2.75) is 0 Å². The standard InChI is InChI=1S/C10H6IN3O5/c11-6-3-5(14(18)19)1-4(8(6)15)2-7-9(16)13-10(17)12-7/h1-3,15H,(H2,12,13,16,17)/b7-2+. The lowest BCUT2D eigenvalue weighted by molar-refractivity contribution is -0.385. The number of halogens is 1. The molecule has 1 saturated heterocycles. The molecule has 0 unspecified atom stereocenters. The molecule has 1 aromatic rings. The van der Waals surface area contributed by atoms with Gasteiger partial charge in [0, 0.05) is 17.7 Å². The van der Waals surface area contributed by atoms with Crippen LogP contribution in [0.25, 0.3) is 6.08 Å². The van der Waals surface area contributed by atoms with Gasteiger partial charge in [-0.3, -0.25) is 20.2 Å². The van der Waals surface area contributed by atoms with Crippen LogP contribution in [0, 0.1) is 13.7 Å². The second-order valence-electron chi connectivity index (χ2n) is 3.59. The molecule has 9 heteroatoms. The van der Waals surface area contributed by atoms with Crippen molar-refractivity contribution in [2.24, 2.45) is 0 Å². The van der Waals surface area contributed by atoms with E-state index in [-0.39, 0.29) is 26.3 Å². The fraction of sp³-hybridized carbons (Fsp3) is 0. The summed E-state index contributed by atoms with van der Waals surface area (Å²) in [6, 6.07) is 1.63. The largest absolute Gasteiger partial charge is 0.506 e. The van der Waals surface area contributed by atoms with E-state index in [9.17, 15) is 24.8 Å². The van der Waals surface area contributed by atoms with Gasteiger partial charge in [0.15, 0.2) is 0 Å². The SMILES string of the molecule is O=C1NC(=O)/C(=C\c2cc([N+](=O)[O-])cc(I)c2O)N1. The number of benzene rings is 1. The van der Waals surface area contributed by atoms with Gasteiger partial charge in [-0.05, 0) is 28.7 Å². The maximum Gasteiger partial charge on any atom is 0.326 e. The topological polar surface area (TPSA) is 122 Å². The van der Waals surface area contributed by atoms with Gasteiger partial charge in [-0.2, -0.15) is 0 Å². The molecule has 0 atom stereocenters. The molecule has 0 spiro atoms. The van der Waals surface area contributed by atoms with Crippen molar-refractivity contribution in [1.82, 2.24) is 10.6 Å². The van der Waals surface area contributed by atoms with E-state index < -0.39 is 16.9 Å². The van der Waals surface area contributed by atoms with Gasteiger partial charge in [0.1, 0.15) is 11.4 Å². The Kier molecular flexibility index (Phi) is 3.38. The molecule has 1 aliphatic rings. The van der Waals surface area contributed by atoms with E-state index in [1.807, 2.05) is 5.32 Å². The first kappa shape index (κ1) is 13.3. The Morgan fingerprint density at radius 1 is 1.32 bits per heavy atom. The zero-order valence-corrected chi connectivity index (χ0v) is 11.3. The number of nitro benzene ring substituents is 1. The van der Waals surface area contributed by atoms with Crippen LogP contribution in [-0.4, -0.2) is 22.0 Å². The first-order chi connectivity index (χ1) is 8.88. The second kappa shape index (κ2) is 4.84. The van der Waals surface area contributed by atoms with Crippen LogP contribution in [-0.2, 0) is 4.79 Å². The van der Waals surface area contributed by atoms with Crippen LogP contribution in [0.4, 0.5) is 10.5 Å². The lowest BCUT2D eigenvalue weighted by Gasteiger charge is -2.03. The Morgan fingerprint density at radius 3 is 2.53 bits per heavy atom. The lowest BCUT2D eigenvalue weighted by atomic mass is 10.1. The highest BCUT2D eigenvalue weighted by Gasteiger charge is 2.24. The molecular weight excluding hydrogens is 369 g/mol. The Hall–Kier alpha value is -2.17. The molecule has 1 heterocycles. The minimum absolute atomic E-state index is 0.0750. The van der Waals surface area contributed by atoms with Gasteiger partial charge in [-0.25, -0.2) is 4.79 Å². The number of amides is 3. The third-order valence-electron chi connectivity index (χ3n) is 2.31. The molecule has 1 fully saturated rings. The van der Waals surface area contributed by atoms with E-state index in [0.29, 0.717) is 0 Å². The van der Waals surface area contributed by atoms with Gasteiger partial charge in [-0.1, -0.05) is 0 Å². The molecule has 98 valence electrons. The average molecular weight is 375 g/mol.